The molecule has 202 valence electrons. The highest BCUT2D eigenvalue weighted by atomic mass is 35.5. The molecule has 1 aromatic carbocycles. The molecule has 3 heterocycles. The lowest BCUT2D eigenvalue weighted by Crippen LogP contribution is -2.45. The molecule has 0 aliphatic carbocycles. The number of imide groups is 1. The van der Waals surface area contributed by atoms with Crippen molar-refractivity contribution < 1.29 is 42.6 Å². The summed E-state index contributed by atoms with van der Waals surface area (Å²) in [7, 11) is 0. The monoisotopic (exact) mass is 568 g/mol. The average molecular weight is 569 g/mol. The lowest BCUT2D eigenvalue weighted by atomic mass is 10.2. The van der Waals surface area contributed by atoms with E-state index >= 15 is 4.39 Å². The van der Waals surface area contributed by atoms with Gasteiger partial charge in [-0.25, -0.2) is 9.18 Å². The Bertz CT molecular complexity index is 1270. The number of amides is 4. The lowest BCUT2D eigenvalue weighted by Gasteiger charge is -2.27. The number of nitrogens with zero attached hydrogens (tertiary/aromatic N) is 3. The Balaban J connectivity index is 1.49. The summed E-state index contributed by atoms with van der Waals surface area (Å²) in [5.41, 5.74) is 5.39. The number of thiophene rings is 1. The zero-order valence-corrected chi connectivity index (χ0v) is 21.3. The van der Waals surface area contributed by atoms with Gasteiger partial charge in [0.2, 0.25) is 0 Å². The maximum absolute atomic E-state index is 15.0. The van der Waals surface area contributed by atoms with E-state index in [0.29, 0.717) is 16.6 Å². The van der Waals surface area contributed by atoms with Crippen LogP contribution in [0.15, 0.2) is 30.3 Å². The Morgan fingerprint density at radius 2 is 2.00 bits per heavy atom. The molecule has 1 atom stereocenters. The smallest absolute Gasteiger partial charge is 0.414 e. The van der Waals surface area contributed by atoms with Gasteiger partial charge in [0.25, 0.3) is 17.7 Å². The van der Waals surface area contributed by atoms with Crippen LogP contribution in [0.2, 0.25) is 4.34 Å². The fraction of sp³-hybridized carbons (Fsp3) is 0.348. The molecular formula is C23H22ClFN4O8S. The molecule has 1 aromatic heterocycles. The SMILES string of the molecule is NCC(=O)OCC(=O)N(C[C@H]1CN(c2ccc(N3CCOCC3=O)cc2F)C(=O)O1)C(=O)c1ccc(Cl)s1. The molecule has 2 N–H and O–H groups in total. The van der Waals surface area contributed by atoms with Gasteiger partial charge in [0.05, 0.1) is 41.1 Å². The molecule has 0 bridgehead atoms. The van der Waals surface area contributed by atoms with Gasteiger partial charge in [-0.3, -0.25) is 29.0 Å². The number of hydrogen-bond acceptors (Lipinski definition) is 10. The van der Waals surface area contributed by atoms with Gasteiger partial charge < -0.3 is 24.8 Å². The van der Waals surface area contributed by atoms with Crippen molar-refractivity contribution in [3.63, 3.8) is 0 Å². The molecule has 0 radical (unpaired) electrons. The quantitative estimate of drug-likeness (QED) is 0.466. The molecule has 38 heavy (non-hydrogen) atoms. The normalized spacial score (nSPS) is 17.4. The molecule has 2 aliphatic rings. The van der Waals surface area contributed by atoms with E-state index in [1.54, 1.807) is 0 Å². The predicted octanol–water partition coefficient (Wildman–Crippen LogP) is 1.40. The summed E-state index contributed by atoms with van der Waals surface area (Å²) in [4.78, 5) is 65.2. The van der Waals surface area contributed by atoms with E-state index in [4.69, 9.17) is 31.5 Å². The molecular weight excluding hydrogens is 547 g/mol. The van der Waals surface area contributed by atoms with Crippen molar-refractivity contribution in [1.29, 1.82) is 0 Å². The van der Waals surface area contributed by atoms with E-state index in [0.717, 1.165) is 27.2 Å². The molecule has 2 aliphatic heterocycles. The number of cyclic esters (lactones) is 1. The van der Waals surface area contributed by atoms with E-state index in [2.05, 4.69) is 0 Å². The fourth-order valence-electron chi connectivity index (χ4n) is 3.83. The second kappa shape index (κ2) is 11.9. The number of benzene rings is 1. The van der Waals surface area contributed by atoms with E-state index in [1.165, 1.54) is 29.2 Å². The second-order valence-electron chi connectivity index (χ2n) is 8.13. The highest BCUT2D eigenvalue weighted by Gasteiger charge is 2.38. The highest BCUT2D eigenvalue weighted by molar-refractivity contribution is 7.18. The van der Waals surface area contributed by atoms with Crippen molar-refractivity contribution in [3.8, 4) is 0 Å². The minimum absolute atomic E-state index is 0.104. The van der Waals surface area contributed by atoms with Gasteiger partial charge in [-0.2, -0.15) is 0 Å². The van der Waals surface area contributed by atoms with Gasteiger partial charge in [0, 0.05) is 12.2 Å². The summed E-state index contributed by atoms with van der Waals surface area (Å²) in [6, 6.07) is 6.86. The van der Waals surface area contributed by atoms with Crippen LogP contribution in [-0.4, -0.2) is 86.8 Å². The molecule has 2 fully saturated rings. The first-order valence-electron chi connectivity index (χ1n) is 11.3. The largest absolute Gasteiger partial charge is 0.455 e. The van der Waals surface area contributed by atoms with Crippen LogP contribution in [0.25, 0.3) is 0 Å². The summed E-state index contributed by atoms with van der Waals surface area (Å²) in [6.45, 7) is -1.33. The summed E-state index contributed by atoms with van der Waals surface area (Å²) in [6.07, 6.45) is -1.91. The summed E-state index contributed by atoms with van der Waals surface area (Å²) >= 11 is 6.84. The Kier molecular flexibility index (Phi) is 8.56. The van der Waals surface area contributed by atoms with Crippen LogP contribution in [0.4, 0.5) is 20.6 Å². The number of rotatable bonds is 8. The molecule has 2 aromatic rings. The van der Waals surface area contributed by atoms with E-state index < -0.39 is 55.5 Å². The number of esters is 1. The Labute approximate surface area is 224 Å². The number of carbonyl (C=O) groups excluding carboxylic acids is 5. The standard InChI is InChI=1S/C23H22ClFN4O8S/c24-18-4-3-17(38-18)22(33)29(20(31)12-36-21(32)8-26)10-14-9-28(23(34)37-14)16-2-1-13(7-15(16)25)27-5-6-35-11-19(27)30/h1-4,7,14H,5-6,8-12,26H2/t14-/m1/s1. The average Bonchev–Trinajstić information content (AvgIpc) is 3.50. The fourth-order valence-corrected chi connectivity index (χ4v) is 4.82. The van der Waals surface area contributed by atoms with Gasteiger partial charge in [-0.15, -0.1) is 11.3 Å². The number of ether oxygens (including phenoxy) is 3. The van der Waals surface area contributed by atoms with Crippen LogP contribution < -0.4 is 15.5 Å². The summed E-state index contributed by atoms with van der Waals surface area (Å²) < 4.78 is 30.5. The third-order valence-electron chi connectivity index (χ3n) is 5.63. The number of halogens is 2. The highest BCUT2D eigenvalue weighted by Crippen LogP contribution is 2.30. The van der Waals surface area contributed by atoms with Crippen molar-refractivity contribution in [3.05, 3.63) is 45.4 Å². The number of hydrogen-bond donors (Lipinski definition) is 1. The van der Waals surface area contributed by atoms with Crippen molar-refractivity contribution in [2.45, 2.75) is 6.10 Å². The van der Waals surface area contributed by atoms with Crippen LogP contribution >= 0.6 is 22.9 Å². The van der Waals surface area contributed by atoms with Gasteiger partial charge >= 0.3 is 12.1 Å². The first kappa shape index (κ1) is 27.4. The molecule has 0 saturated carbocycles. The lowest BCUT2D eigenvalue weighted by molar-refractivity contribution is -0.150. The van der Waals surface area contributed by atoms with Gasteiger partial charge in [0.15, 0.2) is 6.61 Å². The zero-order chi connectivity index (χ0) is 27.4. The van der Waals surface area contributed by atoms with Crippen molar-refractivity contribution in [2.75, 3.05) is 55.8 Å². The summed E-state index contributed by atoms with van der Waals surface area (Å²) in [5, 5.41) is 0. The summed E-state index contributed by atoms with van der Waals surface area (Å²) in [5.74, 6) is -3.55. The van der Waals surface area contributed by atoms with Gasteiger partial charge in [0.1, 0.15) is 18.5 Å². The van der Waals surface area contributed by atoms with Crippen LogP contribution in [0.5, 0.6) is 0 Å². The maximum Gasteiger partial charge on any atom is 0.414 e. The molecule has 0 spiro atoms. The molecule has 4 amide bonds. The Morgan fingerprint density at radius 1 is 1.21 bits per heavy atom. The van der Waals surface area contributed by atoms with Crippen LogP contribution in [0, 0.1) is 5.82 Å². The van der Waals surface area contributed by atoms with E-state index in [-0.39, 0.29) is 36.2 Å². The molecule has 0 unspecified atom stereocenters. The Morgan fingerprint density at radius 3 is 2.66 bits per heavy atom. The Hall–Kier alpha value is -3.59. The second-order valence-corrected chi connectivity index (χ2v) is 9.84. The first-order chi connectivity index (χ1) is 18.2. The third-order valence-corrected chi connectivity index (χ3v) is 6.85. The van der Waals surface area contributed by atoms with Crippen molar-refractivity contribution in [1.82, 2.24) is 4.90 Å². The van der Waals surface area contributed by atoms with Crippen LogP contribution in [0.1, 0.15) is 9.67 Å². The van der Waals surface area contributed by atoms with Gasteiger partial charge in [-0.05, 0) is 30.3 Å². The van der Waals surface area contributed by atoms with E-state index in [9.17, 15) is 24.0 Å². The van der Waals surface area contributed by atoms with Crippen LogP contribution in [-0.2, 0) is 28.6 Å². The number of nitrogens with two attached hydrogens (primary N) is 1. The molecule has 2 saturated heterocycles. The number of carbonyl (C=O) groups is 5. The third kappa shape index (κ3) is 6.10. The zero-order valence-electron chi connectivity index (χ0n) is 19.8. The molecule has 12 nitrogen and oxygen atoms in total. The van der Waals surface area contributed by atoms with E-state index in [1.807, 2.05) is 0 Å². The number of morpholine rings is 1. The number of anilines is 2. The first-order valence-corrected chi connectivity index (χ1v) is 12.5. The molecule has 4 rings (SSSR count). The predicted molar refractivity (Wildman–Crippen MR) is 133 cm³/mol. The minimum Gasteiger partial charge on any atom is -0.455 e. The minimum atomic E-state index is -1.02. The molecule has 15 heteroatoms. The van der Waals surface area contributed by atoms with Crippen LogP contribution in [0.3, 0.4) is 0 Å². The maximum atomic E-state index is 15.0. The topological polar surface area (TPSA) is 149 Å². The van der Waals surface area contributed by atoms with Crippen molar-refractivity contribution >= 4 is 64.1 Å². The van der Waals surface area contributed by atoms with Crippen molar-refractivity contribution in [2.24, 2.45) is 5.73 Å². The van der Waals surface area contributed by atoms with Gasteiger partial charge in [-0.1, -0.05) is 11.6 Å².